The maximum absolute atomic E-state index is 11.7. The zero-order valence-electron chi connectivity index (χ0n) is 13.8. The smallest absolute Gasteiger partial charge is 0.277 e. The molecule has 0 aliphatic rings. The van der Waals surface area contributed by atoms with E-state index in [1.165, 1.54) is 11.8 Å². The van der Waals surface area contributed by atoms with E-state index in [1.807, 2.05) is 42.5 Å². The Balaban J connectivity index is 1.80. The minimum Gasteiger partial charge on any atom is -0.484 e. The van der Waals surface area contributed by atoms with E-state index in [0.717, 1.165) is 12.0 Å². The summed E-state index contributed by atoms with van der Waals surface area (Å²) in [5.74, 6) is 0.845. The molecule has 0 radical (unpaired) electrons. The van der Waals surface area contributed by atoms with E-state index in [4.69, 9.17) is 16.3 Å². The summed E-state index contributed by atoms with van der Waals surface area (Å²) in [6.07, 6.45) is 2.59. The van der Waals surface area contributed by atoms with Crippen LogP contribution in [-0.4, -0.2) is 18.7 Å². The molecule has 0 spiro atoms. The number of rotatable bonds is 7. The van der Waals surface area contributed by atoms with Gasteiger partial charge in [-0.25, -0.2) is 5.43 Å². The number of carbonyl (C=O) groups excluding carboxylic acids is 1. The van der Waals surface area contributed by atoms with Gasteiger partial charge >= 0.3 is 0 Å². The Kier molecular flexibility index (Phi) is 6.82. The van der Waals surface area contributed by atoms with E-state index in [-0.39, 0.29) is 12.5 Å². The highest BCUT2D eigenvalue weighted by Gasteiger charge is 2.04. The lowest BCUT2D eigenvalue weighted by molar-refractivity contribution is -0.123. The molecular weight excluding hydrogens is 324 g/mol. The van der Waals surface area contributed by atoms with Gasteiger partial charge in [0.15, 0.2) is 6.61 Å². The Labute approximate surface area is 147 Å². The molecule has 0 saturated heterocycles. The van der Waals surface area contributed by atoms with Gasteiger partial charge in [-0.3, -0.25) is 4.79 Å². The van der Waals surface area contributed by atoms with E-state index < -0.39 is 0 Å². The molecule has 126 valence electrons. The summed E-state index contributed by atoms with van der Waals surface area (Å²) in [7, 11) is 0. The molecule has 0 aliphatic heterocycles. The van der Waals surface area contributed by atoms with Gasteiger partial charge in [0.2, 0.25) is 0 Å². The maximum Gasteiger partial charge on any atom is 0.277 e. The van der Waals surface area contributed by atoms with Crippen LogP contribution >= 0.6 is 11.6 Å². The Hall–Kier alpha value is -2.33. The molecule has 2 aromatic rings. The van der Waals surface area contributed by atoms with Gasteiger partial charge in [0.1, 0.15) is 5.75 Å². The van der Waals surface area contributed by atoms with Gasteiger partial charge in [-0.05, 0) is 36.1 Å². The SMILES string of the molecule is CCC(C)c1ccc(OCC(=O)N/N=C/c2ccccc2Cl)cc1. The second-order valence-corrected chi connectivity index (χ2v) is 5.89. The molecule has 0 aliphatic carbocycles. The average molecular weight is 345 g/mol. The Morgan fingerprint density at radius 2 is 1.96 bits per heavy atom. The van der Waals surface area contributed by atoms with Crippen molar-refractivity contribution in [1.82, 2.24) is 5.43 Å². The van der Waals surface area contributed by atoms with Crippen LogP contribution in [0.2, 0.25) is 5.02 Å². The highest BCUT2D eigenvalue weighted by molar-refractivity contribution is 6.33. The standard InChI is InChI=1S/C19H21ClN2O2/c1-3-14(2)15-8-10-17(11-9-15)24-13-19(23)22-21-12-16-6-4-5-7-18(16)20/h4-12,14H,3,13H2,1-2H3,(H,22,23)/b21-12+. The van der Waals surface area contributed by atoms with E-state index >= 15 is 0 Å². The lowest BCUT2D eigenvalue weighted by Gasteiger charge is -2.10. The first kappa shape index (κ1) is 18.0. The number of nitrogens with one attached hydrogen (secondary N) is 1. The third-order valence-electron chi connectivity index (χ3n) is 3.73. The average Bonchev–Trinajstić information content (AvgIpc) is 2.61. The van der Waals surface area contributed by atoms with Crippen molar-refractivity contribution in [3.63, 3.8) is 0 Å². The number of carbonyl (C=O) groups is 1. The van der Waals surface area contributed by atoms with Crippen LogP contribution in [0.15, 0.2) is 53.6 Å². The van der Waals surface area contributed by atoms with Gasteiger partial charge in [0.05, 0.1) is 6.21 Å². The van der Waals surface area contributed by atoms with Crippen molar-refractivity contribution in [3.8, 4) is 5.75 Å². The van der Waals surface area contributed by atoms with Gasteiger partial charge in [-0.15, -0.1) is 0 Å². The second kappa shape index (κ2) is 9.08. The van der Waals surface area contributed by atoms with Gasteiger partial charge in [-0.2, -0.15) is 5.10 Å². The molecule has 0 bridgehead atoms. The van der Waals surface area contributed by atoms with Crippen molar-refractivity contribution in [2.24, 2.45) is 5.10 Å². The summed E-state index contributed by atoms with van der Waals surface area (Å²) in [6, 6.07) is 15.1. The third kappa shape index (κ3) is 5.39. The van der Waals surface area contributed by atoms with Crippen molar-refractivity contribution < 1.29 is 9.53 Å². The molecule has 0 aromatic heterocycles. The lowest BCUT2D eigenvalue weighted by Crippen LogP contribution is -2.24. The molecule has 1 N–H and O–H groups in total. The highest BCUT2D eigenvalue weighted by atomic mass is 35.5. The summed E-state index contributed by atoms with van der Waals surface area (Å²) in [6.45, 7) is 4.24. The van der Waals surface area contributed by atoms with E-state index in [9.17, 15) is 4.79 Å². The van der Waals surface area contributed by atoms with Crippen LogP contribution in [0.25, 0.3) is 0 Å². The highest BCUT2D eigenvalue weighted by Crippen LogP contribution is 2.21. The van der Waals surface area contributed by atoms with Gasteiger partial charge in [-0.1, -0.05) is 55.8 Å². The van der Waals surface area contributed by atoms with Crippen LogP contribution in [0.1, 0.15) is 37.3 Å². The Bertz CT molecular complexity index is 699. The number of hydrazone groups is 1. The first-order valence-corrected chi connectivity index (χ1v) is 8.27. The minimum absolute atomic E-state index is 0.0947. The first-order chi connectivity index (χ1) is 11.6. The molecule has 1 unspecified atom stereocenters. The first-order valence-electron chi connectivity index (χ1n) is 7.89. The third-order valence-corrected chi connectivity index (χ3v) is 4.07. The molecule has 2 rings (SSSR count). The number of nitrogens with zero attached hydrogens (tertiary/aromatic N) is 1. The molecule has 2 aromatic carbocycles. The van der Waals surface area contributed by atoms with E-state index in [1.54, 1.807) is 6.07 Å². The van der Waals surface area contributed by atoms with Crippen molar-refractivity contribution in [2.75, 3.05) is 6.61 Å². The van der Waals surface area contributed by atoms with Crippen molar-refractivity contribution in [2.45, 2.75) is 26.2 Å². The van der Waals surface area contributed by atoms with Gasteiger partial charge in [0.25, 0.3) is 5.91 Å². The second-order valence-electron chi connectivity index (χ2n) is 5.48. The summed E-state index contributed by atoms with van der Waals surface area (Å²) >= 11 is 6.00. The predicted octanol–water partition coefficient (Wildman–Crippen LogP) is 4.38. The van der Waals surface area contributed by atoms with Crippen LogP contribution in [0.5, 0.6) is 5.75 Å². The number of halogens is 1. The van der Waals surface area contributed by atoms with Crippen molar-refractivity contribution in [3.05, 3.63) is 64.7 Å². The zero-order valence-corrected chi connectivity index (χ0v) is 14.6. The molecule has 4 nitrogen and oxygen atoms in total. The fraction of sp³-hybridized carbons (Fsp3) is 0.263. The number of hydrogen-bond acceptors (Lipinski definition) is 3. The lowest BCUT2D eigenvalue weighted by atomic mass is 9.99. The van der Waals surface area contributed by atoms with Gasteiger partial charge in [0, 0.05) is 10.6 Å². The molecule has 0 heterocycles. The van der Waals surface area contributed by atoms with Crippen LogP contribution in [0, 0.1) is 0 Å². The summed E-state index contributed by atoms with van der Waals surface area (Å²) in [5, 5.41) is 4.45. The minimum atomic E-state index is -0.329. The van der Waals surface area contributed by atoms with E-state index in [2.05, 4.69) is 24.4 Å². The molecule has 0 saturated carbocycles. The number of amides is 1. The number of ether oxygens (including phenoxy) is 1. The van der Waals surface area contributed by atoms with Crippen molar-refractivity contribution >= 4 is 23.7 Å². The fourth-order valence-corrected chi connectivity index (χ4v) is 2.25. The molecule has 0 fully saturated rings. The molecule has 5 heteroatoms. The topological polar surface area (TPSA) is 50.7 Å². The van der Waals surface area contributed by atoms with E-state index in [0.29, 0.717) is 16.7 Å². The zero-order chi connectivity index (χ0) is 17.4. The summed E-state index contributed by atoms with van der Waals surface area (Å²) < 4.78 is 5.45. The quantitative estimate of drug-likeness (QED) is 0.598. The van der Waals surface area contributed by atoms with Crippen LogP contribution in [0.3, 0.4) is 0 Å². The largest absolute Gasteiger partial charge is 0.484 e. The Morgan fingerprint density at radius 1 is 1.25 bits per heavy atom. The fourth-order valence-electron chi connectivity index (χ4n) is 2.06. The molecule has 1 amide bonds. The van der Waals surface area contributed by atoms with Crippen LogP contribution in [-0.2, 0) is 4.79 Å². The molecule has 1 atom stereocenters. The molecule has 24 heavy (non-hydrogen) atoms. The number of benzene rings is 2. The normalized spacial score (nSPS) is 12.1. The van der Waals surface area contributed by atoms with Gasteiger partial charge < -0.3 is 4.74 Å². The predicted molar refractivity (Wildman–Crippen MR) is 97.8 cm³/mol. The monoisotopic (exact) mass is 344 g/mol. The Morgan fingerprint density at radius 3 is 2.62 bits per heavy atom. The summed E-state index contributed by atoms with van der Waals surface area (Å²) in [5.41, 5.74) is 4.41. The maximum atomic E-state index is 11.7. The summed E-state index contributed by atoms with van der Waals surface area (Å²) in [4.78, 5) is 11.7. The van der Waals surface area contributed by atoms with Crippen molar-refractivity contribution in [1.29, 1.82) is 0 Å². The van der Waals surface area contributed by atoms with Crippen LogP contribution < -0.4 is 10.2 Å². The number of hydrogen-bond donors (Lipinski definition) is 1. The molecular formula is C19H21ClN2O2. The van der Waals surface area contributed by atoms with Crippen LogP contribution in [0.4, 0.5) is 0 Å².